The molecule has 0 aliphatic heterocycles. The second-order valence-corrected chi connectivity index (χ2v) is 4.42. The highest BCUT2D eigenvalue weighted by atomic mass is 16.5. The van der Waals surface area contributed by atoms with Crippen LogP contribution in [0.3, 0.4) is 0 Å². The van der Waals surface area contributed by atoms with Crippen molar-refractivity contribution in [2.24, 2.45) is 0 Å². The topological polar surface area (TPSA) is 49.1 Å². The van der Waals surface area contributed by atoms with E-state index in [0.717, 1.165) is 17.9 Å². The van der Waals surface area contributed by atoms with Crippen LogP contribution in [0.15, 0.2) is 42.6 Å². The Kier molecular flexibility index (Phi) is 4.11. The van der Waals surface area contributed by atoms with E-state index in [2.05, 4.69) is 16.0 Å². The van der Waals surface area contributed by atoms with Gasteiger partial charge in [-0.1, -0.05) is 18.2 Å². The third-order valence-electron chi connectivity index (χ3n) is 2.56. The molecule has 4 nitrogen and oxygen atoms in total. The van der Waals surface area contributed by atoms with Crippen molar-refractivity contribution in [1.29, 1.82) is 5.26 Å². The number of benzene rings is 1. The SMILES string of the molecule is CN(C)Cc1ccccc1Oc1ncccc1C#N. The van der Waals surface area contributed by atoms with Crippen molar-refractivity contribution in [3.8, 4) is 17.7 Å². The van der Waals surface area contributed by atoms with E-state index in [1.807, 2.05) is 38.4 Å². The van der Waals surface area contributed by atoms with Crippen LogP contribution in [0.25, 0.3) is 0 Å². The summed E-state index contributed by atoms with van der Waals surface area (Å²) in [6, 6.07) is 13.3. The molecule has 1 heterocycles. The molecule has 0 N–H and O–H groups in total. The first-order chi connectivity index (χ1) is 9.20. The molecule has 0 aliphatic carbocycles. The zero-order valence-electron chi connectivity index (χ0n) is 11.0. The number of nitrogens with zero attached hydrogens (tertiary/aromatic N) is 3. The Bertz CT molecular complexity index is 602. The number of para-hydroxylation sites is 1. The fourth-order valence-corrected chi connectivity index (χ4v) is 1.74. The molecule has 0 amide bonds. The van der Waals surface area contributed by atoms with Gasteiger partial charge in [0, 0.05) is 18.3 Å². The Hall–Kier alpha value is -2.38. The second kappa shape index (κ2) is 5.98. The highest BCUT2D eigenvalue weighted by Crippen LogP contribution is 2.26. The lowest BCUT2D eigenvalue weighted by molar-refractivity contribution is 0.385. The van der Waals surface area contributed by atoms with E-state index in [1.54, 1.807) is 18.3 Å². The number of nitriles is 1. The molecule has 0 atom stereocenters. The van der Waals surface area contributed by atoms with Crippen LogP contribution in [0, 0.1) is 11.3 Å². The third-order valence-corrected chi connectivity index (χ3v) is 2.56. The number of rotatable bonds is 4. The average molecular weight is 253 g/mol. The maximum atomic E-state index is 9.03. The van der Waals surface area contributed by atoms with Gasteiger partial charge in [0.15, 0.2) is 0 Å². The standard InChI is InChI=1S/C15H15N3O/c1-18(2)11-13-6-3-4-8-14(13)19-15-12(10-16)7-5-9-17-15/h3-9H,11H2,1-2H3. The summed E-state index contributed by atoms with van der Waals surface area (Å²) in [5, 5.41) is 9.03. The molecule has 0 fully saturated rings. The Morgan fingerprint density at radius 1 is 1.21 bits per heavy atom. The molecule has 1 aromatic heterocycles. The smallest absolute Gasteiger partial charge is 0.237 e. The summed E-state index contributed by atoms with van der Waals surface area (Å²) in [6.07, 6.45) is 1.62. The molecular weight excluding hydrogens is 238 g/mol. The molecule has 2 aromatic rings. The molecule has 0 aliphatic rings. The van der Waals surface area contributed by atoms with E-state index in [4.69, 9.17) is 10.00 Å². The van der Waals surface area contributed by atoms with Crippen LogP contribution in [0.5, 0.6) is 11.6 Å². The van der Waals surface area contributed by atoms with Crippen LogP contribution in [0.4, 0.5) is 0 Å². The van der Waals surface area contributed by atoms with Crippen LogP contribution in [0.2, 0.25) is 0 Å². The molecule has 0 spiro atoms. The van der Waals surface area contributed by atoms with Crippen LogP contribution >= 0.6 is 0 Å². The minimum Gasteiger partial charge on any atom is -0.437 e. The molecule has 19 heavy (non-hydrogen) atoms. The molecule has 4 heteroatoms. The summed E-state index contributed by atoms with van der Waals surface area (Å²) in [5.41, 5.74) is 1.49. The fraction of sp³-hybridized carbons (Fsp3) is 0.200. The van der Waals surface area contributed by atoms with Gasteiger partial charge in [-0.25, -0.2) is 4.98 Å². The zero-order chi connectivity index (χ0) is 13.7. The summed E-state index contributed by atoms with van der Waals surface area (Å²) in [7, 11) is 4.00. The highest BCUT2D eigenvalue weighted by molar-refractivity contribution is 5.42. The highest BCUT2D eigenvalue weighted by Gasteiger charge is 2.09. The molecule has 1 aromatic carbocycles. The number of aromatic nitrogens is 1. The molecule has 0 bridgehead atoms. The Balaban J connectivity index is 2.31. The van der Waals surface area contributed by atoms with Crippen molar-refractivity contribution in [3.05, 3.63) is 53.7 Å². The quantitative estimate of drug-likeness (QED) is 0.840. The molecular formula is C15H15N3O. The van der Waals surface area contributed by atoms with E-state index in [0.29, 0.717) is 11.4 Å². The summed E-state index contributed by atoms with van der Waals surface area (Å²) < 4.78 is 5.77. The lowest BCUT2D eigenvalue weighted by atomic mass is 10.2. The van der Waals surface area contributed by atoms with Crippen molar-refractivity contribution in [2.45, 2.75) is 6.54 Å². The van der Waals surface area contributed by atoms with Crippen LogP contribution in [0.1, 0.15) is 11.1 Å². The van der Waals surface area contributed by atoms with Crippen molar-refractivity contribution in [1.82, 2.24) is 9.88 Å². The van der Waals surface area contributed by atoms with Gasteiger partial charge in [0.25, 0.3) is 0 Å². The number of pyridine rings is 1. The monoisotopic (exact) mass is 253 g/mol. The van der Waals surface area contributed by atoms with Crippen molar-refractivity contribution in [2.75, 3.05) is 14.1 Å². The average Bonchev–Trinajstić information content (AvgIpc) is 2.41. The third kappa shape index (κ3) is 3.30. The van der Waals surface area contributed by atoms with Gasteiger partial charge in [0.1, 0.15) is 17.4 Å². The van der Waals surface area contributed by atoms with Crippen LogP contribution in [-0.4, -0.2) is 24.0 Å². The second-order valence-electron chi connectivity index (χ2n) is 4.42. The lowest BCUT2D eigenvalue weighted by Gasteiger charge is -2.14. The predicted molar refractivity (Wildman–Crippen MR) is 72.9 cm³/mol. The predicted octanol–water partition coefficient (Wildman–Crippen LogP) is 2.81. The van der Waals surface area contributed by atoms with Gasteiger partial charge in [0.05, 0.1) is 0 Å². The van der Waals surface area contributed by atoms with Gasteiger partial charge < -0.3 is 9.64 Å². The number of ether oxygens (including phenoxy) is 1. The molecule has 0 radical (unpaired) electrons. The van der Waals surface area contributed by atoms with E-state index >= 15 is 0 Å². The normalized spacial score (nSPS) is 10.2. The van der Waals surface area contributed by atoms with Gasteiger partial charge in [-0.15, -0.1) is 0 Å². The van der Waals surface area contributed by atoms with Gasteiger partial charge in [-0.3, -0.25) is 0 Å². The van der Waals surface area contributed by atoms with E-state index in [9.17, 15) is 0 Å². The lowest BCUT2D eigenvalue weighted by Crippen LogP contribution is -2.11. The first kappa shape index (κ1) is 13.1. The molecule has 0 saturated heterocycles. The van der Waals surface area contributed by atoms with Crippen LogP contribution in [-0.2, 0) is 6.54 Å². The van der Waals surface area contributed by atoms with E-state index < -0.39 is 0 Å². The van der Waals surface area contributed by atoms with Crippen LogP contribution < -0.4 is 4.74 Å². The zero-order valence-corrected chi connectivity index (χ0v) is 11.0. The molecule has 0 unspecified atom stereocenters. The summed E-state index contributed by atoms with van der Waals surface area (Å²) in [4.78, 5) is 6.17. The number of hydrogen-bond acceptors (Lipinski definition) is 4. The summed E-state index contributed by atoms with van der Waals surface area (Å²) in [5.74, 6) is 1.07. The van der Waals surface area contributed by atoms with E-state index in [-0.39, 0.29) is 0 Å². The van der Waals surface area contributed by atoms with Crippen molar-refractivity contribution >= 4 is 0 Å². The minimum atomic E-state index is 0.344. The summed E-state index contributed by atoms with van der Waals surface area (Å²) >= 11 is 0. The maximum absolute atomic E-state index is 9.03. The van der Waals surface area contributed by atoms with Gasteiger partial charge in [-0.05, 0) is 32.3 Å². The number of hydrogen-bond donors (Lipinski definition) is 0. The first-order valence-electron chi connectivity index (χ1n) is 5.96. The fourth-order valence-electron chi connectivity index (χ4n) is 1.74. The van der Waals surface area contributed by atoms with Crippen molar-refractivity contribution < 1.29 is 4.74 Å². The van der Waals surface area contributed by atoms with Gasteiger partial charge >= 0.3 is 0 Å². The largest absolute Gasteiger partial charge is 0.437 e. The minimum absolute atomic E-state index is 0.344. The van der Waals surface area contributed by atoms with Crippen molar-refractivity contribution in [3.63, 3.8) is 0 Å². The molecule has 2 rings (SSSR count). The van der Waals surface area contributed by atoms with Gasteiger partial charge in [0.2, 0.25) is 5.88 Å². The Labute approximate surface area is 112 Å². The summed E-state index contributed by atoms with van der Waals surface area (Å²) in [6.45, 7) is 0.769. The van der Waals surface area contributed by atoms with Gasteiger partial charge in [-0.2, -0.15) is 5.26 Å². The molecule has 0 saturated carbocycles. The molecule has 96 valence electrons. The Morgan fingerprint density at radius 3 is 2.74 bits per heavy atom. The van der Waals surface area contributed by atoms with E-state index in [1.165, 1.54) is 0 Å². The Morgan fingerprint density at radius 2 is 2.00 bits per heavy atom. The maximum Gasteiger partial charge on any atom is 0.237 e. The first-order valence-corrected chi connectivity index (χ1v) is 5.96.